The normalized spacial score (nSPS) is 19.2. The Hall–Kier alpha value is -1.66. The number of carbonyl (C=O) groups excluding carboxylic acids is 1. The van der Waals surface area contributed by atoms with Crippen LogP contribution in [0.15, 0.2) is 29.9 Å². The summed E-state index contributed by atoms with van der Waals surface area (Å²) in [7, 11) is 0. The lowest BCUT2D eigenvalue weighted by Crippen LogP contribution is -2.36. The van der Waals surface area contributed by atoms with Crippen LogP contribution in [0.2, 0.25) is 0 Å². The fourth-order valence-electron chi connectivity index (χ4n) is 2.87. The van der Waals surface area contributed by atoms with Gasteiger partial charge in [0.05, 0.1) is 24.4 Å². The van der Waals surface area contributed by atoms with Crippen LogP contribution in [0.25, 0.3) is 0 Å². The van der Waals surface area contributed by atoms with Crippen LogP contribution in [0.1, 0.15) is 41.0 Å². The summed E-state index contributed by atoms with van der Waals surface area (Å²) in [6.07, 6.45) is 5.68. The van der Waals surface area contributed by atoms with Crippen LogP contribution in [0.4, 0.5) is 0 Å². The first-order valence-electron chi connectivity index (χ1n) is 7.72. The standard InChI is InChI=1S/C16H21N3O2S/c1-2-21-16(20)13-9-17-19(10-13)14-5-3-7-18(11-14)12-15-6-4-8-22-15/h4,6,8-10,14H,2-3,5,7,11-12H2,1H3/t14-/m0/s1. The van der Waals surface area contributed by atoms with Gasteiger partial charge in [-0.1, -0.05) is 6.07 Å². The van der Waals surface area contributed by atoms with Crippen molar-refractivity contribution in [3.8, 4) is 0 Å². The zero-order valence-electron chi connectivity index (χ0n) is 12.8. The molecule has 0 aliphatic carbocycles. The molecular weight excluding hydrogens is 298 g/mol. The zero-order valence-corrected chi connectivity index (χ0v) is 13.6. The Morgan fingerprint density at radius 1 is 1.55 bits per heavy atom. The van der Waals surface area contributed by atoms with Gasteiger partial charge in [-0.3, -0.25) is 9.58 Å². The number of piperidine rings is 1. The number of likely N-dealkylation sites (tertiary alicyclic amines) is 1. The lowest BCUT2D eigenvalue weighted by Gasteiger charge is -2.32. The molecule has 1 atom stereocenters. The van der Waals surface area contributed by atoms with Crippen molar-refractivity contribution in [3.63, 3.8) is 0 Å². The van der Waals surface area contributed by atoms with Crippen LogP contribution < -0.4 is 0 Å². The molecule has 0 unspecified atom stereocenters. The Morgan fingerprint density at radius 2 is 2.45 bits per heavy atom. The third kappa shape index (κ3) is 3.56. The number of hydrogen-bond donors (Lipinski definition) is 0. The summed E-state index contributed by atoms with van der Waals surface area (Å²) < 4.78 is 6.94. The second kappa shape index (κ2) is 7.07. The van der Waals surface area contributed by atoms with Gasteiger partial charge in [0, 0.05) is 24.2 Å². The molecule has 1 aliphatic rings. The first-order chi connectivity index (χ1) is 10.8. The predicted octanol–water partition coefficient (Wildman–Crippen LogP) is 2.96. The molecular formula is C16H21N3O2S. The van der Waals surface area contributed by atoms with Gasteiger partial charge in [0.2, 0.25) is 0 Å². The van der Waals surface area contributed by atoms with E-state index in [0.29, 0.717) is 18.2 Å². The lowest BCUT2D eigenvalue weighted by molar-refractivity contribution is 0.0526. The van der Waals surface area contributed by atoms with E-state index in [-0.39, 0.29) is 5.97 Å². The second-order valence-electron chi connectivity index (χ2n) is 5.54. The molecule has 0 aromatic carbocycles. The highest BCUT2D eigenvalue weighted by molar-refractivity contribution is 7.09. The minimum Gasteiger partial charge on any atom is -0.462 e. The number of thiophene rings is 1. The van der Waals surface area contributed by atoms with Crippen LogP contribution in [0, 0.1) is 0 Å². The Labute approximate surface area is 134 Å². The summed E-state index contributed by atoms with van der Waals surface area (Å²) in [6, 6.07) is 4.61. The highest BCUT2D eigenvalue weighted by Crippen LogP contribution is 2.23. The Kier molecular flexibility index (Phi) is 4.90. The zero-order chi connectivity index (χ0) is 15.4. The Balaban J connectivity index is 1.63. The SMILES string of the molecule is CCOC(=O)c1cnn([C@H]2CCCN(Cc3cccs3)C2)c1. The van der Waals surface area contributed by atoms with E-state index in [2.05, 4.69) is 27.5 Å². The summed E-state index contributed by atoms with van der Waals surface area (Å²) in [5, 5.41) is 6.49. The van der Waals surface area contributed by atoms with Crippen LogP contribution >= 0.6 is 11.3 Å². The van der Waals surface area contributed by atoms with E-state index in [4.69, 9.17) is 4.74 Å². The summed E-state index contributed by atoms with van der Waals surface area (Å²) >= 11 is 1.80. The van der Waals surface area contributed by atoms with Gasteiger partial charge in [0.15, 0.2) is 0 Å². The molecule has 3 rings (SSSR count). The highest BCUT2D eigenvalue weighted by atomic mass is 32.1. The molecule has 0 saturated carbocycles. The minimum absolute atomic E-state index is 0.292. The molecule has 1 aliphatic heterocycles. The molecule has 22 heavy (non-hydrogen) atoms. The maximum Gasteiger partial charge on any atom is 0.341 e. The van der Waals surface area contributed by atoms with Crippen molar-refractivity contribution in [2.24, 2.45) is 0 Å². The second-order valence-corrected chi connectivity index (χ2v) is 6.57. The van der Waals surface area contributed by atoms with E-state index in [1.54, 1.807) is 17.5 Å². The molecule has 6 heteroatoms. The monoisotopic (exact) mass is 319 g/mol. The van der Waals surface area contributed by atoms with Crippen molar-refractivity contribution >= 4 is 17.3 Å². The first kappa shape index (κ1) is 15.2. The number of carbonyl (C=O) groups is 1. The van der Waals surface area contributed by atoms with E-state index in [0.717, 1.165) is 32.5 Å². The van der Waals surface area contributed by atoms with Crippen LogP contribution in [0.5, 0.6) is 0 Å². The van der Waals surface area contributed by atoms with E-state index < -0.39 is 0 Å². The highest BCUT2D eigenvalue weighted by Gasteiger charge is 2.23. The molecule has 0 amide bonds. The minimum atomic E-state index is -0.292. The van der Waals surface area contributed by atoms with Gasteiger partial charge in [-0.2, -0.15) is 5.10 Å². The van der Waals surface area contributed by atoms with Crippen molar-refractivity contribution in [1.82, 2.24) is 14.7 Å². The first-order valence-corrected chi connectivity index (χ1v) is 8.60. The van der Waals surface area contributed by atoms with Crippen LogP contribution in [0.3, 0.4) is 0 Å². The molecule has 0 spiro atoms. The average Bonchev–Trinajstić information content (AvgIpc) is 3.19. The molecule has 0 bridgehead atoms. The maximum atomic E-state index is 11.7. The van der Waals surface area contributed by atoms with E-state index in [9.17, 15) is 4.79 Å². The molecule has 2 aromatic heterocycles. The fourth-order valence-corrected chi connectivity index (χ4v) is 3.62. The number of ether oxygens (including phenoxy) is 1. The summed E-state index contributed by atoms with van der Waals surface area (Å²) in [5.41, 5.74) is 0.539. The fraction of sp³-hybridized carbons (Fsp3) is 0.500. The van der Waals surface area contributed by atoms with Crippen LogP contribution in [-0.4, -0.2) is 40.3 Å². The van der Waals surface area contributed by atoms with Gasteiger partial charge in [-0.25, -0.2) is 4.79 Å². The largest absolute Gasteiger partial charge is 0.462 e. The summed E-state index contributed by atoms with van der Waals surface area (Å²) in [4.78, 5) is 15.6. The lowest BCUT2D eigenvalue weighted by atomic mass is 10.1. The third-order valence-electron chi connectivity index (χ3n) is 3.93. The van der Waals surface area contributed by atoms with Crippen molar-refractivity contribution in [1.29, 1.82) is 0 Å². The van der Waals surface area contributed by atoms with Gasteiger partial charge < -0.3 is 4.74 Å². The van der Waals surface area contributed by atoms with Gasteiger partial charge >= 0.3 is 5.97 Å². The maximum absolute atomic E-state index is 11.7. The van der Waals surface area contributed by atoms with Gasteiger partial charge in [0.1, 0.15) is 0 Å². The molecule has 1 fully saturated rings. The van der Waals surface area contributed by atoms with Gasteiger partial charge in [-0.15, -0.1) is 11.3 Å². The number of hydrogen-bond acceptors (Lipinski definition) is 5. The van der Waals surface area contributed by atoms with E-state index in [1.807, 2.05) is 17.8 Å². The van der Waals surface area contributed by atoms with E-state index >= 15 is 0 Å². The van der Waals surface area contributed by atoms with Crippen molar-refractivity contribution in [3.05, 3.63) is 40.3 Å². The summed E-state index contributed by atoms with van der Waals surface area (Å²) in [6.45, 7) is 5.30. The van der Waals surface area contributed by atoms with E-state index in [1.165, 1.54) is 4.88 Å². The smallest absolute Gasteiger partial charge is 0.341 e. The third-order valence-corrected chi connectivity index (χ3v) is 4.79. The molecule has 1 saturated heterocycles. The predicted molar refractivity (Wildman–Crippen MR) is 86.1 cm³/mol. The number of nitrogens with zero attached hydrogens (tertiary/aromatic N) is 3. The summed E-state index contributed by atoms with van der Waals surface area (Å²) in [5.74, 6) is -0.292. The number of esters is 1. The number of aromatic nitrogens is 2. The molecule has 3 heterocycles. The Morgan fingerprint density at radius 3 is 3.23 bits per heavy atom. The van der Waals surface area contributed by atoms with Crippen LogP contribution in [-0.2, 0) is 11.3 Å². The van der Waals surface area contributed by atoms with Crippen molar-refractivity contribution in [2.75, 3.05) is 19.7 Å². The van der Waals surface area contributed by atoms with Crippen molar-refractivity contribution < 1.29 is 9.53 Å². The molecule has 5 nitrogen and oxygen atoms in total. The Bertz CT molecular complexity index is 609. The number of rotatable bonds is 5. The van der Waals surface area contributed by atoms with Gasteiger partial charge in [-0.05, 0) is 37.8 Å². The van der Waals surface area contributed by atoms with Gasteiger partial charge in [0.25, 0.3) is 0 Å². The topological polar surface area (TPSA) is 47.4 Å². The molecule has 118 valence electrons. The molecule has 0 N–H and O–H groups in total. The molecule has 2 aromatic rings. The quantitative estimate of drug-likeness (QED) is 0.795. The van der Waals surface area contributed by atoms with Crippen molar-refractivity contribution in [2.45, 2.75) is 32.4 Å². The molecule has 0 radical (unpaired) electrons. The average molecular weight is 319 g/mol.